The summed E-state index contributed by atoms with van der Waals surface area (Å²) in [4.78, 5) is 2.36. The maximum Gasteiger partial charge on any atom is 0.0756 e. The average molecular weight is 374 g/mol. The normalized spacial score (nSPS) is 18.0. The van der Waals surface area contributed by atoms with Crippen LogP contribution in [0.1, 0.15) is 5.56 Å². The van der Waals surface area contributed by atoms with Gasteiger partial charge in [0.05, 0.1) is 25.0 Å². The van der Waals surface area contributed by atoms with Crippen molar-refractivity contribution in [3.63, 3.8) is 0 Å². The van der Waals surface area contributed by atoms with Gasteiger partial charge >= 0.3 is 0 Å². The summed E-state index contributed by atoms with van der Waals surface area (Å²) < 4.78 is 5.70. The summed E-state index contributed by atoms with van der Waals surface area (Å²) in [7, 11) is 0. The standard InChI is InChI=1S/C23H26N4O/c24-10-12-28-13-11-27-22-15-18(26)7-9-20(22)19-8-6-17(25)14-21(19)23(27)16-4-2-1-3-5-16/h1-9,14-15,22H,10-13,24-26H2. The van der Waals surface area contributed by atoms with Crippen LogP contribution in [0.3, 0.4) is 0 Å². The summed E-state index contributed by atoms with van der Waals surface area (Å²) in [5.74, 6) is 0. The molecule has 2 aromatic carbocycles. The number of benzene rings is 2. The highest BCUT2D eigenvalue weighted by Gasteiger charge is 2.29. The SMILES string of the molecule is NCCOCCN1C(c2ccccc2)=c2cc(N)ccc2=C2C=CC(N)=CC21. The van der Waals surface area contributed by atoms with Crippen LogP contribution in [0.15, 0.2) is 72.5 Å². The lowest BCUT2D eigenvalue weighted by atomic mass is 9.89. The first-order chi connectivity index (χ1) is 13.7. The summed E-state index contributed by atoms with van der Waals surface area (Å²) in [5.41, 5.74) is 22.9. The predicted octanol–water partition coefficient (Wildman–Crippen LogP) is 0.648. The molecule has 0 radical (unpaired) electrons. The molecule has 1 atom stereocenters. The highest BCUT2D eigenvalue weighted by atomic mass is 16.5. The van der Waals surface area contributed by atoms with E-state index in [4.69, 9.17) is 21.9 Å². The van der Waals surface area contributed by atoms with Crippen LogP contribution in [0.4, 0.5) is 5.69 Å². The lowest BCUT2D eigenvalue weighted by Crippen LogP contribution is -2.49. The zero-order chi connectivity index (χ0) is 19.5. The van der Waals surface area contributed by atoms with Crippen LogP contribution in [0, 0.1) is 0 Å². The molecule has 0 aromatic heterocycles. The van der Waals surface area contributed by atoms with E-state index in [0.29, 0.717) is 19.8 Å². The fraction of sp³-hybridized carbons (Fsp3) is 0.217. The van der Waals surface area contributed by atoms with Crippen molar-refractivity contribution in [2.75, 3.05) is 32.0 Å². The molecule has 0 amide bonds. The zero-order valence-corrected chi connectivity index (χ0v) is 15.8. The number of nitrogens with zero attached hydrogens (tertiary/aromatic N) is 1. The van der Waals surface area contributed by atoms with Gasteiger partial charge in [-0.1, -0.05) is 42.5 Å². The number of fused-ring (bicyclic) bond motifs is 2. The number of ether oxygens (including phenoxy) is 1. The van der Waals surface area contributed by atoms with Gasteiger partial charge in [0.15, 0.2) is 0 Å². The monoisotopic (exact) mass is 374 g/mol. The second-order valence-corrected chi connectivity index (χ2v) is 7.01. The molecule has 1 heterocycles. The minimum absolute atomic E-state index is 0.0535. The number of hydrogen-bond acceptors (Lipinski definition) is 5. The van der Waals surface area contributed by atoms with Crippen molar-refractivity contribution in [2.45, 2.75) is 6.04 Å². The number of allylic oxidation sites excluding steroid dienone is 1. The summed E-state index contributed by atoms with van der Waals surface area (Å²) in [6.07, 6.45) is 6.19. The van der Waals surface area contributed by atoms with Crippen molar-refractivity contribution in [3.05, 3.63) is 88.5 Å². The summed E-state index contributed by atoms with van der Waals surface area (Å²) in [6.45, 7) is 2.39. The maximum atomic E-state index is 6.17. The van der Waals surface area contributed by atoms with Crippen molar-refractivity contribution in [1.82, 2.24) is 4.90 Å². The van der Waals surface area contributed by atoms with Crippen LogP contribution in [0.5, 0.6) is 0 Å². The Kier molecular flexibility index (Phi) is 5.19. The molecule has 5 nitrogen and oxygen atoms in total. The van der Waals surface area contributed by atoms with Gasteiger partial charge in [0.2, 0.25) is 0 Å². The quantitative estimate of drug-likeness (QED) is 0.510. The van der Waals surface area contributed by atoms with Gasteiger partial charge in [0.1, 0.15) is 0 Å². The second kappa shape index (κ2) is 7.92. The largest absolute Gasteiger partial charge is 0.399 e. The molecule has 2 aliphatic rings. The van der Waals surface area contributed by atoms with Crippen molar-refractivity contribution < 1.29 is 4.74 Å². The number of nitrogens with two attached hydrogens (primary N) is 3. The third-order valence-corrected chi connectivity index (χ3v) is 5.14. The Morgan fingerprint density at radius 1 is 0.929 bits per heavy atom. The molecule has 5 heteroatoms. The van der Waals surface area contributed by atoms with Gasteiger partial charge in [-0.25, -0.2) is 0 Å². The van der Waals surface area contributed by atoms with Crippen LogP contribution in [-0.4, -0.2) is 37.2 Å². The molecular formula is C23H26N4O. The van der Waals surface area contributed by atoms with Crippen molar-refractivity contribution in [3.8, 4) is 0 Å². The van der Waals surface area contributed by atoms with E-state index in [-0.39, 0.29) is 6.04 Å². The van der Waals surface area contributed by atoms with Gasteiger partial charge in [0.25, 0.3) is 0 Å². The molecular weight excluding hydrogens is 348 g/mol. The first kappa shape index (κ1) is 18.3. The van der Waals surface area contributed by atoms with Gasteiger partial charge in [0, 0.05) is 29.7 Å². The van der Waals surface area contributed by atoms with E-state index in [1.807, 2.05) is 18.2 Å². The van der Waals surface area contributed by atoms with Gasteiger partial charge in [-0.05, 0) is 40.6 Å². The van der Waals surface area contributed by atoms with Crippen LogP contribution in [0.2, 0.25) is 0 Å². The fourth-order valence-electron chi connectivity index (χ4n) is 3.94. The maximum absolute atomic E-state index is 6.17. The van der Waals surface area contributed by atoms with Crippen molar-refractivity contribution in [1.29, 1.82) is 0 Å². The summed E-state index contributed by atoms with van der Waals surface area (Å²) in [5, 5.41) is 2.33. The average Bonchev–Trinajstić information content (AvgIpc) is 2.71. The van der Waals surface area contributed by atoms with E-state index in [9.17, 15) is 0 Å². The molecule has 2 aromatic rings. The van der Waals surface area contributed by atoms with E-state index < -0.39 is 0 Å². The third-order valence-electron chi connectivity index (χ3n) is 5.14. The molecule has 0 saturated carbocycles. The van der Waals surface area contributed by atoms with E-state index in [1.165, 1.54) is 10.8 Å². The molecule has 28 heavy (non-hydrogen) atoms. The second-order valence-electron chi connectivity index (χ2n) is 7.01. The lowest BCUT2D eigenvalue weighted by molar-refractivity contribution is 0.123. The molecule has 1 unspecified atom stereocenters. The van der Waals surface area contributed by atoms with Crippen LogP contribution >= 0.6 is 0 Å². The number of rotatable bonds is 6. The number of nitrogen functional groups attached to an aromatic ring is 1. The third kappa shape index (κ3) is 3.42. The number of hydrogen-bond donors (Lipinski definition) is 3. The van der Waals surface area contributed by atoms with E-state index >= 15 is 0 Å². The molecule has 0 bridgehead atoms. The molecule has 0 fully saturated rings. The molecule has 1 aliphatic carbocycles. The van der Waals surface area contributed by atoms with Crippen molar-refractivity contribution in [2.24, 2.45) is 11.5 Å². The van der Waals surface area contributed by atoms with E-state index in [0.717, 1.165) is 34.4 Å². The smallest absolute Gasteiger partial charge is 0.0756 e. The molecule has 6 N–H and O–H groups in total. The van der Waals surface area contributed by atoms with Crippen LogP contribution < -0.4 is 27.6 Å². The highest BCUT2D eigenvalue weighted by molar-refractivity contribution is 5.77. The molecule has 0 spiro atoms. The zero-order valence-electron chi connectivity index (χ0n) is 15.8. The van der Waals surface area contributed by atoms with Crippen molar-refractivity contribution >= 4 is 17.0 Å². The Morgan fingerprint density at radius 3 is 2.54 bits per heavy atom. The van der Waals surface area contributed by atoms with Gasteiger partial charge in [-0.2, -0.15) is 0 Å². The topological polar surface area (TPSA) is 90.5 Å². The first-order valence-electron chi connectivity index (χ1n) is 9.58. The Labute approximate surface area is 165 Å². The van der Waals surface area contributed by atoms with Gasteiger partial charge in [-0.3, -0.25) is 0 Å². The molecule has 144 valence electrons. The predicted molar refractivity (Wildman–Crippen MR) is 114 cm³/mol. The molecule has 1 aliphatic heterocycles. The van der Waals surface area contributed by atoms with Crippen LogP contribution in [0.25, 0.3) is 11.3 Å². The van der Waals surface area contributed by atoms with Gasteiger partial charge < -0.3 is 26.8 Å². The lowest BCUT2D eigenvalue weighted by Gasteiger charge is -2.39. The highest BCUT2D eigenvalue weighted by Crippen LogP contribution is 2.29. The van der Waals surface area contributed by atoms with E-state index in [1.54, 1.807) is 0 Å². The Hall–Kier alpha value is -3.02. The van der Waals surface area contributed by atoms with Crippen LogP contribution in [-0.2, 0) is 4.74 Å². The first-order valence-corrected chi connectivity index (χ1v) is 9.58. The van der Waals surface area contributed by atoms with Gasteiger partial charge in [-0.15, -0.1) is 0 Å². The minimum atomic E-state index is 0.0535. The molecule has 0 saturated heterocycles. The fourth-order valence-corrected chi connectivity index (χ4v) is 3.94. The van der Waals surface area contributed by atoms with E-state index in [2.05, 4.69) is 53.5 Å². The minimum Gasteiger partial charge on any atom is -0.399 e. The number of anilines is 1. The molecule has 4 rings (SSSR count). The Balaban J connectivity index is 1.94. The summed E-state index contributed by atoms with van der Waals surface area (Å²) in [6, 6.07) is 16.6. The summed E-state index contributed by atoms with van der Waals surface area (Å²) >= 11 is 0. The Morgan fingerprint density at radius 2 is 1.75 bits per heavy atom. The Bertz CT molecular complexity index is 1040.